The van der Waals surface area contributed by atoms with Gasteiger partial charge < -0.3 is 5.32 Å². The fourth-order valence-corrected chi connectivity index (χ4v) is 3.75. The number of nitrogens with zero attached hydrogens (tertiary/aromatic N) is 3. The van der Waals surface area contributed by atoms with E-state index in [9.17, 15) is 22.0 Å². The molecular formula is C18H24F2N4O3S. The van der Waals surface area contributed by atoms with Gasteiger partial charge in [0, 0.05) is 19.0 Å². The van der Waals surface area contributed by atoms with Crippen LogP contribution in [0.25, 0.3) is 0 Å². The van der Waals surface area contributed by atoms with Gasteiger partial charge in [-0.3, -0.25) is 4.79 Å². The standard InChI is InChI=1S/C18H24F2N4O3S/c1-3-4-5-6-11-18(19,20)12-16-13-24(23-22-16)28(26,27)17-9-7-15(8-10-17)21-14(2)25/h7-10,13H,3-6,11-12H2,1-2H3,(H,21,25). The molecule has 0 atom stereocenters. The average Bonchev–Trinajstić information content (AvgIpc) is 3.07. The Hall–Kier alpha value is -2.36. The van der Waals surface area contributed by atoms with Crippen LogP contribution >= 0.6 is 0 Å². The van der Waals surface area contributed by atoms with E-state index >= 15 is 0 Å². The summed E-state index contributed by atoms with van der Waals surface area (Å²) in [7, 11) is -4.06. The van der Waals surface area contributed by atoms with Gasteiger partial charge in [-0.2, -0.15) is 8.42 Å². The normalized spacial score (nSPS) is 12.1. The maximum Gasteiger partial charge on any atom is 0.284 e. The second-order valence-electron chi connectivity index (χ2n) is 6.64. The van der Waals surface area contributed by atoms with Crippen LogP contribution in [-0.4, -0.2) is 34.6 Å². The zero-order valence-electron chi connectivity index (χ0n) is 15.9. The molecule has 1 aromatic carbocycles. The van der Waals surface area contributed by atoms with E-state index in [2.05, 4.69) is 15.6 Å². The molecule has 7 nitrogen and oxygen atoms in total. The van der Waals surface area contributed by atoms with E-state index in [1.54, 1.807) is 0 Å². The fourth-order valence-electron chi connectivity index (χ4n) is 2.66. The van der Waals surface area contributed by atoms with Gasteiger partial charge in [0.2, 0.25) is 5.91 Å². The number of anilines is 1. The van der Waals surface area contributed by atoms with Gasteiger partial charge in [-0.1, -0.05) is 31.4 Å². The first-order valence-electron chi connectivity index (χ1n) is 9.06. The molecule has 1 amide bonds. The van der Waals surface area contributed by atoms with Crippen molar-refractivity contribution in [3.05, 3.63) is 36.2 Å². The highest BCUT2D eigenvalue weighted by Crippen LogP contribution is 2.26. The fraction of sp³-hybridized carbons (Fsp3) is 0.500. The number of halogens is 2. The molecule has 1 aromatic heterocycles. The van der Waals surface area contributed by atoms with Crippen LogP contribution in [0.5, 0.6) is 0 Å². The Labute approximate surface area is 163 Å². The molecule has 2 rings (SSSR count). The number of rotatable bonds is 10. The molecule has 0 saturated carbocycles. The number of unbranched alkanes of at least 4 members (excludes halogenated alkanes) is 3. The van der Waals surface area contributed by atoms with Crippen molar-refractivity contribution in [2.75, 3.05) is 5.32 Å². The molecule has 28 heavy (non-hydrogen) atoms. The van der Waals surface area contributed by atoms with E-state index in [0.29, 0.717) is 16.2 Å². The van der Waals surface area contributed by atoms with E-state index in [0.717, 1.165) is 25.5 Å². The molecular weight excluding hydrogens is 390 g/mol. The molecule has 0 saturated heterocycles. The van der Waals surface area contributed by atoms with Crippen LogP contribution in [0.4, 0.5) is 14.5 Å². The van der Waals surface area contributed by atoms with Crippen LogP contribution in [0.1, 0.15) is 51.6 Å². The average molecular weight is 414 g/mol. The summed E-state index contributed by atoms with van der Waals surface area (Å²) in [4.78, 5) is 10.9. The summed E-state index contributed by atoms with van der Waals surface area (Å²) in [6.07, 6.45) is 3.11. The second kappa shape index (κ2) is 9.22. The van der Waals surface area contributed by atoms with E-state index in [4.69, 9.17) is 0 Å². The van der Waals surface area contributed by atoms with Crippen LogP contribution in [0.3, 0.4) is 0 Å². The van der Waals surface area contributed by atoms with Crippen LogP contribution in [0.2, 0.25) is 0 Å². The lowest BCUT2D eigenvalue weighted by atomic mass is 10.1. The van der Waals surface area contributed by atoms with Gasteiger partial charge in [0.15, 0.2) is 0 Å². The van der Waals surface area contributed by atoms with Gasteiger partial charge >= 0.3 is 0 Å². The lowest BCUT2D eigenvalue weighted by molar-refractivity contribution is -0.114. The Kier molecular flexibility index (Phi) is 7.22. The Morgan fingerprint density at radius 2 is 1.86 bits per heavy atom. The molecule has 2 aromatic rings. The lowest BCUT2D eigenvalue weighted by Crippen LogP contribution is -2.19. The molecule has 0 aliphatic heterocycles. The molecule has 0 spiro atoms. The summed E-state index contributed by atoms with van der Waals surface area (Å²) in [6, 6.07) is 5.45. The van der Waals surface area contributed by atoms with Crippen LogP contribution in [0, 0.1) is 0 Å². The van der Waals surface area contributed by atoms with Gasteiger partial charge in [-0.15, -0.1) is 9.19 Å². The molecule has 0 aliphatic rings. The quantitative estimate of drug-likeness (QED) is 0.599. The molecule has 0 radical (unpaired) electrons. The van der Waals surface area contributed by atoms with Crippen molar-refractivity contribution < 1.29 is 22.0 Å². The highest BCUT2D eigenvalue weighted by molar-refractivity contribution is 7.89. The minimum Gasteiger partial charge on any atom is -0.326 e. The lowest BCUT2D eigenvalue weighted by Gasteiger charge is -2.14. The highest BCUT2D eigenvalue weighted by atomic mass is 32.2. The minimum absolute atomic E-state index is 0.0843. The Morgan fingerprint density at radius 3 is 2.46 bits per heavy atom. The number of carbonyl (C=O) groups is 1. The predicted octanol–water partition coefficient (Wildman–Crippen LogP) is 3.62. The third-order valence-corrected chi connectivity index (χ3v) is 5.61. The topological polar surface area (TPSA) is 94.0 Å². The summed E-state index contributed by atoms with van der Waals surface area (Å²) >= 11 is 0. The van der Waals surface area contributed by atoms with Gasteiger partial charge in [-0.05, 0) is 30.7 Å². The number of benzene rings is 1. The summed E-state index contributed by atoms with van der Waals surface area (Å²) in [6.45, 7) is 3.34. The molecule has 0 unspecified atom stereocenters. The summed E-state index contributed by atoms with van der Waals surface area (Å²) in [5, 5.41) is 9.62. The number of nitrogens with one attached hydrogen (secondary N) is 1. The van der Waals surface area contributed by atoms with Gasteiger partial charge in [0.25, 0.3) is 15.9 Å². The number of alkyl halides is 2. The summed E-state index contributed by atoms with van der Waals surface area (Å²) in [5.74, 6) is -3.24. The number of carbonyl (C=O) groups excluding carboxylic acids is 1. The Morgan fingerprint density at radius 1 is 1.18 bits per heavy atom. The van der Waals surface area contributed by atoms with Crippen molar-refractivity contribution >= 4 is 21.6 Å². The first-order chi connectivity index (χ1) is 13.1. The Balaban J connectivity index is 2.08. The van der Waals surface area contributed by atoms with Gasteiger partial charge in [0.05, 0.1) is 23.2 Å². The maximum atomic E-state index is 14.1. The molecule has 0 fully saturated rings. The summed E-state index contributed by atoms with van der Waals surface area (Å²) in [5.41, 5.74) is 0.354. The largest absolute Gasteiger partial charge is 0.326 e. The van der Waals surface area contributed by atoms with E-state index in [1.807, 2.05) is 6.92 Å². The number of hydrogen-bond donors (Lipinski definition) is 1. The van der Waals surface area contributed by atoms with Crippen molar-refractivity contribution in [3.8, 4) is 0 Å². The third kappa shape index (κ3) is 6.08. The molecule has 1 heterocycles. The first-order valence-corrected chi connectivity index (χ1v) is 10.5. The van der Waals surface area contributed by atoms with Gasteiger partial charge in [-0.25, -0.2) is 8.78 Å². The van der Waals surface area contributed by atoms with Crippen LogP contribution in [0.15, 0.2) is 35.4 Å². The zero-order chi connectivity index (χ0) is 20.8. The van der Waals surface area contributed by atoms with Crippen molar-refractivity contribution in [1.82, 2.24) is 14.4 Å². The zero-order valence-corrected chi connectivity index (χ0v) is 16.7. The minimum atomic E-state index is -4.06. The van der Waals surface area contributed by atoms with Crippen molar-refractivity contribution in [3.63, 3.8) is 0 Å². The molecule has 154 valence electrons. The van der Waals surface area contributed by atoms with Crippen molar-refractivity contribution in [2.24, 2.45) is 0 Å². The van der Waals surface area contributed by atoms with Crippen LogP contribution in [-0.2, 0) is 21.2 Å². The SMILES string of the molecule is CCCCCCC(F)(F)Cc1cn(S(=O)(=O)c2ccc(NC(C)=O)cc2)nn1. The van der Waals surface area contributed by atoms with E-state index < -0.39 is 22.4 Å². The molecule has 10 heteroatoms. The van der Waals surface area contributed by atoms with E-state index in [-0.39, 0.29) is 22.9 Å². The van der Waals surface area contributed by atoms with Crippen molar-refractivity contribution in [2.45, 2.75) is 63.2 Å². The molecule has 0 aliphatic carbocycles. The maximum absolute atomic E-state index is 14.1. The third-order valence-electron chi connectivity index (χ3n) is 4.08. The predicted molar refractivity (Wildman–Crippen MR) is 101 cm³/mol. The number of amides is 1. The summed E-state index contributed by atoms with van der Waals surface area (Å²) < 4.78 is 53.8. The number of hydrogen-bond acceptors (Lipinski definition) is 5. The molecule has 1 N–H and O–H groups in total. The van der Waals surface area contributed by atoms with Crippen LogP contribution < -0.4 is 5.32 Å². The smallest absolute Gasteiger partial charge is 0.284 e. The highest BCUT2D eigenvalue weighted by Gasteiger charge is 2.31. The Bertz CT molecular complexity index is 896. The first kappa shape index (κ1) is 21.9. The molecule has 0 bridgehead atoms. The van der Waals surface area contributed by atoms with Crippen molar-refractivity contribution in [1.29, 1.82) is 0 Å². The second-order valence-corrected chi connectivity index (χ2v) is 8.43. The number of aromatic nitrogens is 3. The monoisotopic (exact) mass is 414 g/mol. The van der Waals surface area contributed by atoms with E-state index in [1.165, 1.54) is 31.2 Å². The van der Waals surface area contributed by atoms with Gasteiger partial charge in [0.1, 0.15) is 0 Å².